The Balaban J connectivity index is 1.89. The topological polar surface area (TPSA) is 109 Å². The number of benzene rings is 2. The van der Waals surface area contributed by atoms with E-state index in [4.69, 9.17) is 9.47 Å². The zero-order valence-corrected chi connectivity index (χ0v) is 16.9. The summed E-state index contributed by atoms with van der Waals surface area (Å²) in [5, 5.41) is 16.1. The molecule has 0 aromatic heterocycles. The van der Waals surface area contributed by atoms with Crippen LogP contribution in [-0.2, 0) is 16.1 Å². The molecule has 0 bridgehead atoms. The second kappa shape index (κ2) is 10.3. The molecule has 0 aliphatic heterocycles. The van der Waals surface area contributed by atoms with Crippen LogP contribution in [0.25, 0.3) is 0 Å². The number of hydrogen-bond acceptors (Lipinski definition) is 6. The van der Waals surface area contributed by atoms with Crippen molar-refractivity contribution in [3.63, 3.8) is 0 Å². The van der Waals surface area contributed by atoms with Crippen molar-refractivity contribution in [3.05, 3.63) is 52.0 Å². The summed E-state index contributed by atoms with van der Waals surface area (Å²) in [6, 6.07) is 10.2. The number of nitrogens with zero attached hydrogens (tertiary/aromatic N) is 1. The van der Waals surface area contributed by atoms with E-state index in [0.29, 0.717) is 22.4 Å². The minimum absolute atomic E-state index is 0.0269. The van der Waals surface area contributed by atoms with Crippen LogP contribution in [-0.4, -0.2) is 36.9 Å². The molecular weight excluding hydrogens is 430 g/mol. The second-order valence-corrected chi connectivity index (χ2v) is 6.37. The van der Waals surface area contributed by atoms with Gasteiger partial charge >= 0.3 is 11.8 Å². The molecule has 0 spiro atoms. The third kappa shape index (κ3) is 5.98. The lowest BCUT2D eigenvalue weighted by molar-refractivity contribution is -0.139. The van der Waals surface area contributed by atoms with Crippen molar-refractivity contribution >= 4 is 34.0 Å². The summed E-state index contributed by atoms with van der Waals surface area (Å²) < 4.78 is 10.8. The van der Waals surface area contributed by atoms with Gasteiger partial charge in [0.25, 0.3) is 0 Å². The third-order valence-corrected chi connectivity index (χ3v) is 4.15. The number of amides is 2. The Labute approximate surface area is 170 Å². The van der Waals surface area contributed by atoms with Crippen molar-refractivity contribution in [2.45, 2.75) is 13.5 Å². The molecule has 2 aromatic rings. The molecule has 2 amide bonds. The van der Waals surface area contributed by atoms with E-state index in [0.717, 1.165) is 5.56 Å². The molecule has 0 aliphatic rings. The maximum atomic E-state index is 11.8. The molecule has 0 saturated heterocycles. The van der Waals surface area contributed by atoms with E-state index in [9.17, 15) is 14.7 Å². The van der Waals surface area contributed by atoms with Crippen molar-refractivity contribution in [3.8, 4) is 17.2 Å². The summed E-state index contributed by atoms with van der Waals surface area (Å²) in [5.74, 6) is -0.749. The summed E-state index contributed by atoms with van der Waals surface area (Å²) in [7, 11) is 1.57. The molecule has 2 rings (SSSR count). The van der Waals surface area contributed by atoms with Crippen molar-refractivity contribution in [2.75, 3.05) is 13.7 Å². The highest BCUT2D eigenvalue weighted by Crippen LogP contribution is 2.34. The van der Waals surface area contributed by atoms with Gasteiger partial charge in [0.05, 0.1) is 24.4 Å². The average Bonchev–Trinajstić information content (AvgIpc) is 2.70. The molecule has 0 unspecified atom stereocenters. The van der Waals surface area contributed by atoms with Crippen LogP contribution in [0.15, 0.2) is 46.0 Å². The molecule has 0 atom stereocenters. The predicted molar refractivity (Wildman–Crippen MR) is 108 cm³/mol. The molecule has 28 heavy (non-hydrogen) atoms. The number of ether oxygens (including phenoxy) is 2. The van der Waals surface area contributed by atoms with Crippen LogP contribution >= 0.6 is 15.9 Å². The van der Waals surface area contributed by atoms with E-state index in [-0.39, 0.29) is 18.0 Å². The Hall–Kier alpha value is -3.07. The number of aromatic hydroxyl groups is 1. The zero-order valence-electron chi connectivity index (χ0n) is 15.4. The number of carbonyl (C=O) groups excluding carboxylic acids is 2. The number of methoxy groups -OCH3 is 1. The number of halogens is 1. The first-order valence-corrected chi connectivity index (χ1v) is 9.13. The fourth-order valence-corrected chi connectivity index (χ4v) is 2.62. The van der Waals surface area contributed by atoms with E-state index < -0.39 is 11.8 Å². The summed E-state index contributed by atoms with van der Waals surface area (Å²) in [5.41, 5.74) is 3.53. The molecule has 2 aromatic carbocycles. The average molecular weight is 450 g/mol. The normalized spacial score (nSPS) is 10.5. The number of hydrogen-bond donors (Lipinski definition) is 3. The second-order valence-electron chi connectivity index (χ2n) is 5.51. The lowest BCUT2D eigenvalue weighted by Crippen LogP contribution is -2.37. The number of rotatable bonds is 7. The minimum atomic E-state index is -0.896. The fraction of sp³-hybridized carbons (Fsp3) is 0.211. The third-order valence-electron chi connectivity index (χ3n) is 3.55. The van der Waals surface area contributed by atoms with Gasteiger partial charge in [0.1, 0.15) is 5.75 Å². The number of carbonyl (C=O) groups is 2. The minimum Gasteiger partial charge on any atom is -0.503 e. The smallest absolute Gasteiger partial charge is 0.329 e. The molecule has 0 saturated carbocycles. The molecule has 0 fully saturated rings. The Bertz CT molecular complexity index is 869. The van der Waals surface area contributed by atoms with Crippen LogP contribution in [0.3, 0.4) is 0 Å². The first-order valence-electron chi connectivity index (χ1n) is 8.34. The molecular formula is C19H20BrN3O5. The van der Waals surface area contributed by atoms with Gasteiger partial charge in [0.2, 0.25) is 0 Å². The molecule has 9 heteroatoms. The number of phenolic OH excluding ortho intramolecular Hbond substituents is 1. The summed E-state index contributed by atoms with van der Waals surface area (Å²) in [4.78, 5) is 23.7. The van der Waals surface area contributed by atoms with Crippen molar-refractivity contribution < 1.29 is 24.2 Å². The van der Waals surface area contributed by atoms with Gasteiger partial charge in [-0.25, -0.2) is 5.43 Å². The SMILES string of the molecule is CCOc1cc(/C=N\NC(=O)C(=O)NCc2ccc(OC)cc2)cc(Br)c1O. The Morgan fingerprint density at radius 2 is 1.93 bits per heavy atom. The largest absolute Gasteiger partial charge is 0.503 e. The van der Waals surface area contributed by atoms with Crippen molar-refractivity contribution in [1.82, 2.24) is 10.7 Å². The first-order chi connectivity index (χ1) is 13.4. The van der Waals surface area contributed by atoms with Gasteiger partial charge in [0, 0.05) is 6.54 Å². The van der Waals surface area contributed by atoms with E-state index in [2.05, 4.69) is 31.8 Å². The van der Waals surface area contributed by atoms with Crippen molar-refractivity contribution in [1.29, 1.82) is 0 Å². The fourth-order valence-electron chi connectivity index (χ4n) is 2.16. The van der Waals surface area contributed by atoms with E-state index >= 15 is 0 Å². The number of nitrogens with one attached hydrogen (secondary N) is 2. The van der Waals surface area contributed by atoms with Crippen LogP contribution in [0, 0.1) is 0 Å². The maximum absolute atomic E-state index is 11.8. The van der Waals surface area contributed by atoms with Gasteiger partial charge in [0.15, 0.2) is 11.5 Å². The van der Waals surface area contributed by atoms with E-state index in [1.54, 1.807) is 50.4 Å². The Kier molecular flexibility index (Phi) is 7.82. The van der Waals surface area contributed by atoms with Crippen molar-refractivity contribution in [2.24, 2.45) is 5.10 Å². The molecule has 148 valence electrons. The lowest BCUT2D eigenvalue weighted by atomic mass is 10.2. The van der Waals surface area contributed by atoms with Gasteiger partial charge in [-0.1, -0.05) is 12.1 Å². The number of phenols is 1. The highest BCUT2D eigenvalue weighted by Gasteiger charge is 2.12. The highest BCUT2D eigenvalue weighted by molar-refractivity contribution is 9.10. The quantitative estimate of drug-likeness (QED) is 0.341. The predicted octanol–water partition coefficient (Wildman–Crippen LogP) is 2.33. The van der Waals surface area contributed by atoms with Crippen LogP contribution in [0.1, 0.15) is 18.1 Å². The van der Waals surface area contributed by atoms with Gasteiger partial charge < -0.3 is 19.9 Å². The number of hydrazone groups is 1. The van der Waals surface area contributed by atoms with Crippen LogP contribution in [0.5, 0.6) is 17.2 Å². The molecule has 8 nitrogen and oxygen atoms in total. The standard InChI is InChI=1S/C19H20BrN3O5/c1-3-28-16-9-13(8-15(20)17(16)24)11-22-23-19(26)18(25)21-10-12-4-6-14(27-2)7-5-12/h4-9,11,24H,3,10H2,1-2H3,(H,21,25)(H,23,26)/b22-11-. The lowest BCUT2D eigenvalue weighted by Gasteiger charge is -2.08. The van der Waals surface area contributed by atoms with Crippen LogP contribution in [0.4, 0.5) is 0 Å². The summed E-state index contributed by atoms with van der Waals surface area (Å²) in [6.45, 7) is 2.37. The van der Waals surface area contributed by atoms with Gasteiger partial charge in [-0.15, -0.1) is 0 Å². The van der Waals surface area contributed by atoms with Gasteiger partial charge in [-0.2, -0.15) is 5.10 Å². The summed E-state index contributed by atoms with van der Waals surface area (Å²) in [6.07, 6.45) is 1.33. The van der Waals surface area contributed by atoms with E-state index in [1.165, 1.54) is 6.21 Å². The molecule has 0 aliphatic carbocycles. The summed E-state index contributed by atoms with van der Waals surface area (Å²) >= 11 is 3.21. The zero-order chi connectivity index (χ0) is 20.5. The van der Waals surface area contributed by atoms with Crippen LogP contribution in [0.2, 0.25) is 0 Å². The first kappa shape index (κ1) is 21.2. The van der Waals surface area contributed by atoms with Crippen LogP contribution < -0.4 is 20.2 Å². The molecule has 0 radical (unpaired) electrons. The van der Waals surface area contributed by atoms with E-state index in [1.807, 2.05) is 0 Å². The van der Waals surface area contributed by atoms with Gasteiger partial charge in [-0.05, 0) is 58.2 Å². The molecule has 3 N–H and O–H groups in total. The maximum Gasteiger partial charge on any atom is 0.329 e. The van der Waals surface area contributed by atoms with Gasteiger partial charge in [-0.3, -0.25) is 9.59 Å². The molecule has 0 heterocycles. The highest BCUT2D eigenvalue weighted by atomic mass is 79.9. The monoisotopic (exact) mass is 449 g/mol. The Morgan fingerprint density at radius 3 is 2.57 bits per heavy atom. The Morgan fingerprint density at radius 1 is 1.21 bits per heavy atom.